The van der Waals surface area contributed by atoms with E-state index in [0.717, 1.165) is 4.68 Å². The van der Waals surface area contributed by atoms with E-state index in [1.807, 2.05) is 6.07 Å². The molecular formula is C12H12N2O3. The average Bonchev–Trinajstić information content (AvgIpc) is 2.33. The van der Waals surface area contributed by atoms with Crippen molar-refractivity contribution in [3.8, 4) is 0 Å². The topological polar surface area (TPSA) is 72.2 Å². The highest BCUT2D eigenvalue weighted by Gasteiger charge is 2.20. The van der Waals surface area contributed by atoms with Crippen LogP contribution in [-0.2, 0) is 4.79 Å². The number of benzene rings is 1. The number of fused-ring (bicyclic) bond motifs is 1. The zero-order chi connectivity index (χ0) is 12.4. The summed E-state index contributed by atoms with van der Waals surface area (Å²) in [5.74, 6) is -1.04. The van der Waals surface area contributed by atoms with Crippen molar-refractivity contribution >= 4 is 16.7 Å². The summed E-state index contributed by atoms with van der Waals surface area (Å²) in [6.45, 7) is 1.71. The number of rotatable bonds is 3. The molecule has 5 heteroatoms. The Hall–Kier alpha value is -2.17. The zero-order valence-electron chi connectivity index (χ0n) is 9.33. The Morgan fingerprint density at radius 3 is 2.82 bits per heavy atom. The SMILES string of the molecule is CC[C@H](C(=O)O)n1ncc2ccccc2c1=O. The molecule has 5 nitrogen and oxygen atoms in total. The van der Waals surface area contributed by atoms with Gasteiger partial charge in [-0.15, -0.1) is 0 Å². The molecule has 1 heterocycles. The molecule has 2 aromatic rings. The van der Waals surface area contributed by atoms with Crippen molar-refractivity contribution in [2.45, 2.75) is 19.4 Å². The molecule has 1 N–H and O–H groups in total. The summed E-state index contributed by atoms with van der Waals surface area (Å²) in [5, 5.41) is 14.2. The molecule has 0 saturated heterocycles. The third-order valence-corrected chi connectivity index (χ3v) is 2.69. The molecule has 88 valence electrons. The summed E-state index contributed by atoms with van der Waals surface area (Å²) in [5.41, 5.74) is -0.364. The van der Waals surface area contributed by atoms with Crippen LogP contribution in [-0.4, -0.2) is 20.9 Å². The summed E-state index contributed by atoms with van der Waals surface area (Å²) in [4.78, 5) is 23.1. The van der Waals surface area contributed by atoms with E-state index in [2.05, 4.69) is 5.10 Å². The van der Waals surface area contributed by atoms with Crippen molar-refractivity contribution in [3.05, 3.63) is 40.8 Å². The first kappa shape index (κ1) is 11.3. The fourth-order valence-corrected chi connectivity index (χ4v) is 1.78. The molecule has 1 aromatic heterocycles. The van der Waals surface area contributed by atoms with E-state index >= 15 is 0 Å². The third-order valence-electron chi connectivity index (χ3n) is 2.69. The molecule has 2 rings (SSSR count). The lowest BCUT2D eigenvalue weighted by molar-refractivity contribution is -0.141. The van der Waals surface area contributed by atoms with Gasteiger partial charge in [-0.3, -0.25) is 4.79 Å². The van der Waals surface area contributed by atoms with Crippen molar-refractivity contribution in [1.29, 1.82) is 0 Å². The van der Waals surface area contributed by atoms with Gasteiger partial charge in [-0.25, -0.2) is 9.48 Å². The number of aromatic nitrogens is 2. The fraction of sp³-hybridized carbons (Fsp3) is 0.250. The normalized spacial score (nSPS) is 12.5. The summed E-state index contributed by atoms with van der Waals surface area (Å²) >= 11 is 0. The van der Waals surface area contributed by atoms with E-state index in [0.29, 0.717) is 17.2 Å². The average molecular weight is 232 g/mol. The Balaban J connectivity index is 2.68. The number of aliphatic carboxylic acids is 1. The summed E-state index contributed by atoms with van der Waals surface area (Å²) < 4.78 is 1.03. The maximum atomic E-state index is 12.1. The standard InChI is InChI=1S/C12H12N2O3/c1-2-10(12(16)17)14-11(15)9-6-4-3-5-8(9)7-13-14/h3-7,10H,2H2,1H3,(H,16,17)/t10-/m1/s1. The van der Waals surface area contributed by atoms with Crippen LogP contribution in [0.3, 0.4) is 0 Å². The van der Waals surface area contributed by atoms with Gasteiger partial charge in [0.25, 0.3) is 5.56 Å². The third kappa shape index (κ3) is 1.91. The molecule has 0 aliphatic heterocycles. The first-order valence-electron chi connectivity index (χ1n) is 5.34. The van der Waals surface area contributed by atoms with Crippen LogP contribution in [0.2, 0.25) is 0 Å². The van der Waals surface area contributed by atoms with Crippen LogP contribution in [0, 0.1) is 0 Å². The number of hydrogen-bond donors (Lipinski definition) is 1. The van der Waals surface area contributed by atoms with E-state index in [1.54, 1.807) is 25.1 Å². The Kier molecular flexibility index (Phi) is 2.91. The van der Waals surface area contributed by atoms with Gasteiger partial charge >= 0.3 is 5.97 Å². The molecule has 0 aliphatic rings. The van der Waals surface area contributed by atoms with Crippen molar-refractivity contribution in [2.24, 2.45) is 0 Å². The van der Waals surface area contributed by atoms with Gasteiger partial charge in [-0.1, -0.05) is 25.1 Å². The Labute approximate surface area is 97.3 Å². The quantitative estimate of drug-likeness (QED) is 0.868. The summed E-state index contributed by atoms with van der Waals surface area (Å²) in [6, 6.07) is 6.09. The number of hydrogen-bond acceptors (Lipinski definition) is 3. The molecule has 0 aliphatic carbocycles. The van der Waals surface area contributed by atoms with E-state index in [-0.39, 0.29) is 5.56 Å². The molecule has 0 fully saturated rings. The fourth-order valence-electron chi connectivity index (χ4n) is 1.78. The minimum atomic E-state index is -1.04. The van der Waals surface area contributed by atoms with Crippen LogP contribution in [0.15, 0.2) is 35.3 Å². The number of carboxylic acids is 1. The lowest BCUT2D eigenvalue weighted by atomic mass is 10.2. The molecule has 0 unspecified atom stereocenters. The Morgan fingerprint density at radius 1 is 1.47 bits per heavy atom. The van der Waals surface area contributed by atoms with Crippen LogP contribution < -0.4 is 5.56 Å². The Bertz CT molecular complexity index is 618. The second kappa shape index (κ2) is 4.37. The van der Waals surface area contributed by atoms with Crippen LogP contribution >= 0.6 is 0 Å². The van der Waals surface area contributed by atoms with Crippen LogP contribution in [0.25, 0.3) is 10.8 Å². The van der Waals surface area contributed by atoms with Gasteiger partial charge in [-0.2, -0.15) is 5.10 Å². The Morgan fingerprint density at radius 2 is 2.18 bits per heavy atom. The zero-order valence-corrected chi connectivity index (χ0v) is 9.33. The van der Waals surface area contributed by atoms with E-state index in [1.165, 1.54) is 6.20 Å². The predicted octanol–water partition coefficient (Wildman–Crippen LogP) is 1.43. The second-order valence-corrected chi connectivity index (χ2v) is 3.74. The maximum absolute atomic E-state index is 12.1. The molecular weight excluding hydrogens is 220 g/mol. The molecule has 0 bridgehead atoms. The van der Waals surface area contributed by atoms with Gasteiger partial charge in [0.2, 0.25) is 0 Å². The highest BCUT2D eigenvalue weighted by Crippen LogP contribution is 2.11. The highest BCUT2D eigenvalue weighted by molar-refractivity contribution is 5.80. The van der Waals surface area contributed by atoms with Crippen LogP contribution in [0.1, 0.15) is 19.4 Å². The molecule has 1 aromatic carbocycles. The smallest absolute Gasteiger partial charge is 0.328 e. The maximum Gasteiger partial charge on any atom is 0.328 e. The van der Waals surface area contributed by atoms with Gasteiger partial charge < -0.3 is 5.11 Å². The van der Waals surface area contributed by atoms with Gasteiger partial charge in [0.1, 0.15) is 0 Å². The largest absolute Gasteiger partial charge is 0.480 e. The molecule has 0 saturated carbocycles. The van der Waals surface area contributed by atoms with Gasteiger partial charge in [-0.05, 0) is 12.5 Å². The molecule has 0 amide bonds. The van der Waals surface area contributed by atoms with Crippen LogP contribution in [0.5, 0.6) is 0 Å². The van der Waals surface area contributed by atoms with Crippen molar-refractivity contribution in [3.63, 3.8) is 0 Å². The lowest BCUT2D eigenvalue weighted by Crippen LogP contribution is -2.31. The minimum Gasteiger partial charge on any atom is -0.480 e. The lowest BCUT2D eigenvalue weighted by Gasteiger charge is -2.12. The van der Waals surface area contributed by atoms with Gasteiger partial charge in [0.05, 0.1) is 11.6 Å². The molecule has 0 radical (unpaired) electrons. The van der Waals surface area contributed by atoms with Gasteiger partial charge in [0, 0.05) is 5.39 Å². The minimum absolute atomic E-state index is 0.320. The van der Waals surface area contributed by atoms with Crippen molar-refractivity contribution < 1.29 is 9.90 Å². The number of carboxylic acid groups (broad SMARTS) is 1. The molecule has 1 atom stereocenters. The van der Waals surface area contributed by atoms with E-state index in [4.69, 9.17) is 5.11 Å². The number of nitrogens with zero attached hydrogens (tertiary/aromatic N) is 2. The van der Waals surface area contributed by atoms with E-state index in [9.17, 15) is 9.59 Å². The monoisotopic (exact) mass is 232 g/mol. The first-order valence-corrected chi connectivity index (χ1v) is 5.34. The highest BCUT2D eigenvalue weighted by atomic mass is 16.4. The van der Waals surface area contributed by atoms with Gasteiger partial charge in [0.15, 0.2) is 6.04 Å². The molecule has 17 heavy (non-hydrogen) atoms. The van der Waals surface area contributed by atoms with Crippen molar-refractivity contribution in [2.75, 3.05) is 0 Å². The predicted molar refractivity (Wildman–Crippen MR) is 63.0 cm³/mol. The number of carbonyl (C=O) groups is 1. The second-order valence-electron chi connectivity index (χ2n) is 3.74. The van der Waals surface area contributed by atoms with Crippen LogP contribution in [0.4, 0.5) is 0 Å². The summed E-state index contributed by atoms with van der Waals surface area (Å²) in [6.07, 6.45) is 1.84. The first-order chi connectivity index (χ1) is 8.15. The van der Waals surface area contributed by atoms with E-state index < -0.39 is 12.0 Å². The molecule has 0 spiro atoms. The summed E-state index contributed by atoms with van der Waals surface area (Å²) in [7, 11) is 0. The van der Waals surface area contributed by atoms with Crippen molar-refractivity contribution in [1.82, 2.24) is 9.78 Å².